The molecule has 1 fully saturated rings. The van der Waals surface area contributed by atoms with E-state index in [0.29, 0.717) is 12.5 Å². The minimum Gasteiger partial charge on any atom is -0.391 e. The number of amides is 1. The highest BCUT2D eigenvalue weighted by Crippen LogP contribution is 2.26. The van der Waals surface area contributed by atoms with Gasteiger partial charge in [0.25, 0.3) is 0 Å². The molecule has 1 saturated carbocycles. The first-order valence-corrected chi connectivity index (χ1v) is 7.73. The summed E-state index contributed by atoms with van der Waals surface area (Å²) >= 11 is 0. The van der Waals surface area contributed by atoms with Gasteiger partial charge in [-0.05, 0) is 25.8 Å². The Kier molecular flexibility index (Phi) is 5.76. The maximum atomic E-state index is 12.2. The lowest BCUT2D eigenvalue weighted by Crippen LogP contribution is -2.42. The van der Waals surface area contributed by atoms with Crippen LogP contribution in [-0.4, -0.2) is 40.5 Å². The molecule has 1 aromatic heterocycles. The number of aryl methyl sites for hydroxylation is 1. The summed E-state index contributed by atoms with van der Waals surface area (Å²) in [7, 11) is 3.57. The highest BCUT2D eigenvalue weighted by molar-refractivity contribution is 5.83. The van der Waals surface area contributed by atoms with Gasteiger partial charge in [-0.15, -0.1) is 0 Å². The average Bonchev–Trinajstić information content (AvgIpc) is 2.92. The first-order chi connectivity index (χ1) is 10.1. The smallest absolute Gasteiger partial charge is 0.241 e. The lowest BCUT2D eigenvalue weighted by atomic mass is 9.85. The van der Waals surface area contributed by atoms with Crippen LogP contribution in [0.25, 0.3) is 0 Å². The van der Waals surface area contributed by atoms with Crippen molar-refractivity contribution in [3.63, 3.8) is 0 Å². The number of hydrogen-bond acceptors (Lipinski definition) is 4. The number of hydrogen-bond donors (Lipinski definition) is 3. The molecule has 118 valence electrons. The summed E-state index contributed by atoms with van der Waals surface area (Å²) in [6.07, 6.45) is 8.81. The molecule has 0 bridgehead atoms. The maximum absolute atomic E-state index is 12.2. The third-order valence-electron chi connectivity index (χ3n) is 4.29. The number of aliphatic hydroxyl groups is 1. The third-order valence-corrected chi connectivity index (χ3v) is 4.29. The van der Waals surface area contributed by atoms with Gasteiger partial charge in [0.15, 0.2) is 0 Å². The third kappa shape index (κ3) is 4.28. The molecular formula is C15H26N4O2. The number of carbonyl (C=O) groups excluding carboxylic acids is 1. The zero-order valence-corrected chi connectivity index (χ0v) is 12.9. The Morgan fingerprint density at radius 1 is 1.48 bits per heavy atom. The van der Waals surface area contributed by atoms with Gasteiger partial charge < -0.3 is 15.7 Å². The van der Waals surface area contributed by atoms with E-state index in [4.69, 9.17) is 0 Å². The number of aromatic nitrogens is 2. The average molecular weight is 294 g/mol. The van der Waals surface area contributed by atoms with E-state index >= 15 is 0 Å². The van der Waals surface area contributed by atoms with Gasteiger partial charge in [0.2, 0.25) is 5.91 Å². The van der Waals surface area contributed by atoms with Gasteiger partial charge in [-0.25, -0.2) is 0 Å². The molecule has 1 aromatic rings. The van der Waals surface area contributed by atoms with Crippen LogP contribution in [0.1, 0.15) is 43.7 Å². The molecule has 2 atom stereocenters. The van der Waals surface area contributed by atoms with E-state index in [1.165, 1.54) is 19.3 Å². The maximum Gasteiger partial charge on any atom is 0.241 e. The summed E-state index contributed by atoms with van der Waals surface area (Å²) in [5.74, 6) is 0.200. The van der Waals surface area contributed by atoms with Crippen LogP contribution >= 0.6 is 0 Å². The molecule has 2 unspecified atom stereocenters. The predicted molar refractivity (Wildman–Crippen MR) is 80.6 cm³/mol. The largest absolute Gasteiger partial charge is 0.391 e. The topological polar surface area (TPSA) is 79.2 Å². The van der Waals surface area contributed by atoms with E-state index in [0.717, 1.165) is 18.4 Å². The lowest BCUT2D eigenvalue weighted by molar-refractivity contribution is -0.123. The van der Waals surface area contributed by atoms with Gasteiger partial charge in [-0.2, -0.15) is 5.10 Å². The van der Waals surface area contributed by atoms with Gasteiger partial charge in [0, 0.05) is 25.4 Å². The number of likely N-dealkylation sites (N-methyl/N-ethyl adjacent to an activating group) is 1. The van der Waals surface area contributed by atoms with Gasteiger partial charge in [-0.3, -0.25) is 9.48 Å². The molecule has 6 heteroatoms. The van der Waals surface area contributed by atoms with Crippen LogP contribution in [0.3, 0.4) is 0 Å². The molecule has 3 N–H and O–H groups in total. The first-order valence-electron chi connectivity index (χ1n) is 7.73. The summed E-state index contributed by atoms with van der Waals surface area (Å²) in [6.45, 7) is 0.321. The molecular weight excluding hydrogens is 268 g/mol. The molecule has 1 heterocycles. The van der Waals surface area contributed by atoms with E-state index in [-0.39, 0.29) is 5.91 Å². The minimum absolute atomic E-state index is 0.125. The Bertz CT molecular complexity index is 454. The Morgan fingerprint density at radius 3 is 2.76 bits per heavy atom. The van der Waals surface area contributed by atoms with Crippen LogP contribution < -0.4 is 10.6 Å². The van der Waals surface area contributed by atoms with Crippen molar-refractivity contribution in [2.75, 3.05) is 13.6 Å². The molecule has 21 heavy (non-hydrogen) atoms. The van der Waals surface area contributed by atoms with Gasteiger partial charge >= 0.3 is 0 Å². The van der Waals surface area contributed by atoms with Crippen LogP contribution in [0.15, 0.2) is 12.4 Å². The van der Waals surface area contributed by atoms with Crippen molar-refractivity contribution in [2.45, 2.75) is 44.2 Å². The second kappa shape index (κ2) is 7.56. The first kappa shape index (κ1) is 16.0. The fraction of sp³-hybridized carbons (Fsp3) is 0.733. The minimum atomic E-state index is -0.444. The van der Waals surface area contributed by atoms with Crippen molar-refractivity contribution < 1.29 is 9.90 Å². The second-order valence-corrected chi connectivity index (χ2v) is 5.88. The predicted octanol–water partition coefficient (Wildman–Crippen LogP) is 0.738. The molecule has 1 aliphatic rings. The Balaban J connectivity index is 1.84. The van der Waals surface area contributed by atoms with Crippen molar-refractivity contribution in [3.8, 4) is 0 Å². The fourth-order valence-electron chi connectivity index (χ4n) is 3.03. The molecule has 0 aliphatic heterocycles. The normalized spacial score (nSPS) is 19.2. The summed E-state index contributed by atoms with van der Waals surface area (Å²) in [5.41, 5.74) is 0.824. The molecule has 0 aromatic carbocycles. The molecule has 2 rings (SSSR count). The highest BCUT2D eigenvalue weighted by atomic mass is 16.3. The zero-order chi connectivity index (χ0) is 15.2. The zero-order valence-electron chi connectivity index (χ0n) is 12.9. The summed E-state index contributed by atoms with van der Waals surface area (Å²) < 4.78 is 1.67. The molecule has 0 radical (unpaired) electrons. The lowest BCUT2D eigenvalue weighted by Gasteiger charge is -2.27. The molecule has 1 amide bonds. The van der Waals surface area contributed by atoms with Gasteiger partial charge in [-0.1, -0.05) is 19.3 Å². The number of aliphatic hydroxyl groups excluding tert-OH is 1. The monoisotopic (exact) mass is 294 g/mol. The van der Waals surface area contributed by atoms with Crippen molar-refractivity contribution in [1.29, 1.82) is 0 Å². The molecule has 6 nitrogen and oxygen atoms in total. The van der Waals surface area contributed by atoms with Gasteiger partial charge in [0.05, 0.1) is 12.3 Å². The highest BCUT2D eigenvalue weighted by Gasteiger charge is 2.24. The van der Waals surface area contributed by atoms with Gasteiger partial charge in [0.1, 0.15) is 6.04 Å². The fourth-order valence-corrected chi connectivity index (χ4v) is 3.03. The Morgan fingerprint density at radius 2 is 2.19 bits per heavy atom. The van der Waals surface area contributed by atoms with Crippen molar-refractivity contribution >= 4 is 5.91 Å². The van der Waals surface area contributed by atoms with E-state index in [2.05, 4.69) is 15.7 Å². The summed E-state index contributed by atoms with van der Waals surface area (Å²) in [5, 5.41) is 20.1. The van der Waals surface area contributed by atoms with Crippen LogP contribution in [0, 0.1) is 5.92 Å². The summed E-state index contributed by atoms with van der Waals surface area (Å²) in [4.78, 5) is 12.2. The number of rotatable bonds is 6. The van der Waals surface area contributed by atoms with Crippen molar-refractivity contribution in [1.82, 2.24) is 20.4 Å². The molecule has 1 aliphatic carbocycles. The van der Waals surface area contributed by atoms with E-state index < -0.39 is 12.1 Å². The number of carbonyl (C=O) groups is 1. The Hall–Kier alpha value is -1.40. The summed E-state index contributed by atoms with van der Waals surface area (Å²) in [6, 6.07) is -0.433. The number of nitrogens with one attached hydrogen (secondary N) is 2. The van der Waals surface area contributed by atoms with E-state index in [9.17, 15) is 9.90 Å². The van der Waals surface area contributed by atoms with Crippen LogP contribution in [0.4, 0.5) is 0 Å². The molecule has 0 spiro atoms. The standard InChI is InChI=1S/C15H26N4O2/c1-16-14(12-8-18-19(2)10-12)15(21)17-9-13(20)11-6-4-3-5-7-11/h8,10-11,13-14,16,20H,3-7,9H2,1-2H3,(H,17,21). The van der Waals surface area contributed by atoms with Crippen molar-refractivity contribution in [2.24, 2.45) is 13.0 Å². The van der Waals surface area contributed by atoms with Crippen molar-refractivity contribution in [3.05, 3.63) is 18.0 Å². The van der Waals surface area contributed by atoms with E-state index in [1.54, 1.807) is 17.9 Å². The SMILES string of the molecule is CNC(C(=O)NCC(O)C1CCCCC1)c1cnn(C)c1. The second-order valence-electron chi connectivity index (χ2n) is 5.88. The van der Waals surface area contributed by atoms with E-state index in [1.807, 2.05) is 13.2 Å². The number of nitrogens with zero attached hydrogens (tertiary/aromatic N) is 2. The van der Waals surface area contributed by atoms with Crippen LogP contribution in [0.5, 0.6) is 0 Å². The molecule has 0 saturated heterocycles. The van der Waals surface area contributed by atoms with Crippen LogP contribution in [0.2, 0.25) is 0 Å². The van der Waals surface area contributed by atoms with Crippen LogP contribution in [-0.2, 0) is 11.8 Å². The quantitative estimate of drug-likeness (QED) is 0.723. The Labute approximate surface area is 125 Å².